The third-order valence-corrected chi connectivity index (χ3v) is 4.22. The van der Waals surface area contributed by atoms with E-state index in [0.29, 0.717) is 15.9 Å². The number of aromatic nitrogens is 1. The van der Waals surface area contributed by atoms with E-state index in [1.807, 2.05) is 24.3 Å². The number of nitrogens with zero attached hydrogens (tertiary/aromatic N) is 1. The van der Waals surface area contributed by atoms with Crippen molar-refractivity contribution in [2.24, 2.45) is 5.92 Å². The molecule has 1 aromatic heterocycles. The van der Waals surface area contributed by atoms with Crippen molar-refractivity contribution in [3.8, 4) is 5.75 Å². The predicted octanol–water partition coefficient (Wildman–Crippen LogP) is 4.14. The molecule has 1 fully saturated rings. The summed E-state index contributed by atoms with van der Waals surface area (Å²) in [5, 5.41) is 3.53. The summed E-state index contributed by atoms with van der Waals surface area (Å²) in [6.45, 7) is 0. The lowest BCUT2D eigenvalue weighted by molar-refractivity contribution is -0.117. The lowest BCUT2D eigenvalue weighted by Gasteiger charge is -2.06. The second-order valence-corrected chi connectivity index (χ2v) is 6.04. The largest absolute Gasteiger partial charge is 0.497 e. The van der Waals surface area contributed by atoms with Gasteiger partial charge in [-0.05, 0) is 36.1 Å². The number of carbonyl (C=O) groups excluding carboxylic acids is 1. The SMILES string of the molecule is COc1ccc(C2CC2C(=O)Nc2ncc(Cl)cc2Cl)cc1. The van der Waals surface area contributed by atoms with Gasteiger partial charge in [0, 0.05) is 12.1 Å². The maximum atomic E-state index is 12.3. The lowest BCUT2D eigenvalue weighted by Crippen LogP contribution is -2.15. The zero-order valence-electron chi connectivity index (χ0n) is 11.8. The Hall–Kier alpha value is -1.78. The number of pyridine rings is 1. The van der Waals surface area contributed by atoms with Gasteiger partial charge in [0.25, 0.3) is 0 Å². The van der Waals surface area contributed by atoms with Crippen LogP contribution < -0.4 is 10.1 Å². The van der Waals surface area contributed by atoms with Crippen LogP contribution in [-0.4, -0.2) is 18.0 Å². The number of benzene rings is 1. The summed E-state index contributed by atoms with van der Waals surface area (Å²) in [4.78, 5) is 16.3. The van der Waals surface area contributed by atoms with Gasteiger partial charge in [-0.15, -0.1) is 0 Å². The molecule has 1 saturated carbocycles. The van der Waals surface area contributed by atoms with Crippen LogP contribution in [0.2, 0.25) is 10.0 Å². The fraction of sp³-hybridized carbons (Fsp3) is 0.250. The van der Waals surface area contributed by atoms with E-state index in [0.717, 1.165) is 17.7 Å². The Balaban J connectivity index is 1.64. The highest BCUT2D eigenvalue weighted by Gasteiger charge is 2.44. The highest BCUT2D eigenvalue weighted by molar-refractivity contribution is 6.36. The molecule has 1 aromatic carbocycles. The summed E-state index contributed by atoms with van der Waals surface area (Å²) in [7, 11) is 1.63. The number of carbonyl (C=O) groups is 1. The first kappa shape index (κ1) is 15.1. The van der Waals surface area contributed by atoms with Gasteiger partial charge < -0.3 is 10.1 Å². The minimum absolute atomic E-state index is 0.0538. The van der Waals surface area contributed by atoms with Crippen LogP contribution in [0.25, 0.3) is 0 Å². The smallest absolute Gasteiger partial charge is 0.229 e. The first-order valence-electron chi connectivity index (χ1n) is 6.84. The van der Waals surface area contributed by atoms with E-state index in [4.69, 9.17) is 27.9 Å². The number of hydrogen-bond donors (Lipinski definition) is 1. The maximum absolute atomic E-state index is 12.3. The number of anilines is 1. The number of halogens is 2. The van der Waals surface area contributed by atoms with Crippen LogP contribution >= 0.6 is 23.2 Å². The fourth-order valence-corrected chi connectivity index (χ4v) is 2.85. The molecule has 2 aromatic rings. The van der Waals surface area contributed by atoms with Crippen LogP contribution in [0.1, 0.15) is 17.9 Å². The van der Waals surface area contributed by atoms with Crippen molar-refractivity contribution in [3.63, 3.8) is 0 Å². The number of methoxy groups -OCH3 is 1. The quantitative estimate of drug-likeness (QED) is 0.912. The van der Waals surface area contributed by atoms with Crippen molar-refractivity contribution in [1.29, 1.82) is 0 Å². The molecular formula is C16H14Cl2N2O2. The minimum Gasteiger partial charge on any atom is -0.497 e. The molecule has 1 aliphatic rings. The number of hydrogen-bond acceptors (Lipinski definition) is 3. The minimum atomic E-state index is -0.0717. The standard InChI is InChI=1S/C16H14Cl2N2O2/c1-22-11-4-2-9(3-5-11)12-7-13(12)16(21)20-15-14(18)6-10(17)8-19-15/h2-6,8,12-13H,7H2,1H3,(H,19,20,21). The number of amides is 1. The average molecular weight is 337 g/mol. The highest BCUT2D eigenvalue weighted by Crippen LogP contribution is 2.48. The molecule has 0 spiro atoms. The summed E-state index contributed by atoms with van der Waals surface area (Å²) in [5.41, 5.74) is 1.14. The molecule has 2 atom stereocenters. The van der Waals surface area contributed by atoms with Gasteiger partial charge in [-0.1, -0.05) is 35.3 Å². The van der Waals surface area contributed by atoms with Gasteiger partial charge >= 0.3 is 0 Å². The lowest BCUT2D eigenvalue weighted by atomic mass is 10.1. The van der Waals surface area contributed by atoms with E-state index in [-0.39, 0.29) is 17.7 Å². The van der Waals surface area contributed by atoms with Crippen molar-refractivity contribution < 1.29 is 9.53 Å². The molecule has 1 amide bonds. The van der Waals surface area contributed by atoms with Crippen molar-refractivity contribution in [3.05, 3.63) is 52.1 Å². The Labute approximate surface area is 138 Å². The average Bonchev–Trinajstić information content (AvgIpc) is 3.31. The van der Waals surface area contributed by atoms with Gasteiger partial charge in [0.1, 0.15) is 5.75 Å². The van der Waals surface area contributed by atoms with Gasteiger partial charge in [0.15, 0.2) is 5.82 Å². The fourth-order valence-electron chi connectivity index (χ4n) is 2.42. The molecule has 6 heteroatoms. The second-order valence-electron chi connectivity index (χ2n) is 5.20. The molecule has 0 aliphatic heterocycles. The zero-order valence-corrected chi connectivity index (χ0v) is 13.4. The van der Waals surface area contributed by atoms with Crippen LogP contribution in [0, 0.1) is 5.92 Å². The molecule has 0 saturated heterocycles. The third kappa shape index (κ3) is 3.18. The van der Waals surface area contributed by atoms with Crippen LogP contribution in [-0.2, 0) is 4.79 Å². The summed E-state index contributed by atoms with van der Waals surface area (Å²) in [5.74, 6) is 1.26. The number of ether oxygens (including phenoxy) is 1. The zero-order chi connectivity index (χ0) is 15.7. The van der Waals surface area contributed by atoms with Crippen molar-refractivity contribution in [2.45, 2.75) is 12.3 Å². The molecule has 4 nitrogen and oxygen atoms in total. The molecule has 1 heterocycles. The molecule has 1 aliphatic carbocycles. The topological polar surface area (TPSA) is 51.2 Å². The van der Waals surface area contributed by atoms with E-state index < -0.39 is 0 Å². The summed E-state index contributed by atoms with van der Waals surface area (Å²) in [6, 6.07) is 9.34. The van der Waals surface area contributed by atoms with Crippen LogP contribution in [0.3, 0.4) is 0 Å². The Bertz CT molecular complexity index is 704. The summed E-state index contributed by atoms with van der Waals surface area (Å²) >= 11 is 11.8. The molecule has 2 unspecified atom stereocenters. The maximum Gasteiger partial charge on any atom is 0.229 e. The second kappa shape index (κ2) is 6.15. The molecule has 0 radical (unpaired) electrons. The molecule has 1 N–H and O–H groups in total. The first-order valence-corrected chi connectivity index (χ1v) is 7.60. The monoisotopic (exact) mass is 336 g/mol. The van der Waals surface area contributed by atoms with E-state index in [2.05, 4.69) is 10.3 Å². The molecule has 114 valence electrons. The van der Waals surface area contributed by atoms with E-state index in [1.54, 1.807) is 13.2 Å². The third-order valence-electron chi connectivity index (χ3n) is 3.72. The van der Waals surface area contributed by atoms with Gasteiger partial charge in [-0.2, -0.15) is 0 Å². The van der Waals surface area contributed by atoms with E-state index in [1.165, 1.54) is 6.20 Å². The van der Waals surface area contributed by atoms with Gasteiger partial charge in [0.2, 0.25) is 5.91 Å². The normalized spacial score (nSPS) is 19.6. The first-order chi connectivity index (χ1) is 10.6. The Kier molecular flexibility index (Phi) is 4.23. The molecule has 0 bridgehead atoms. The number of rotatable bonds is 4. The molecular weight excluding hydrogens is 323 g/mol. The van der Waals surface area contributed by atoms with Crippen LogP contribution in [0.4, 0.5) is 5.82 Å². The molecule has 3 rings (SSSR count). The number of nitrogens with one attached hydrogen (secondary N) is 1. The Morgan fingerprint density at radius 3 is 2.68 bits per heavy atom. The van der Waals surface area contributed by atoms with E-state index >= 15 is 0 Å². The van der Waals surface area contributed by atoms with Gasteiger partial charge in [-0.25, -0.2) is 4.98 Å². The van der Waals surface area contributed by atoms with Crippen LogP contribution in [0.5, 0.6) is 5.75 Å². The van der Waals surface area contributed by atoms with Crippen LogP contribution in [0.15, 0.2) is 36.5 Å². The highest BCUT2D eigenvalue weighted by atomic mass is 35.5. The Morgan fingerprint density at radius 1 is 1.32 bits per heavy atom. The Morgan fingerprint density at radius 2 is 2.05 bits per heavy atom. The predicted molar refractivity (Wildman–Crippen MR) is 86.7 cm³/mol. The summed E-state index contributed by atoms with van der Waals surface area (Å²) in [6.07, 6.45) is 2.28. The van der Waals surface area contributed by atoms with Gasteiger partial charge in [0.05, 0.1) is 17.2 Å². The van der Waals surface area contributed by atoms with E-state index in [9.17, 15) is 4.79 Å². The van der Waals surface area contributed by atoms with Crippen molar-refractivity contribution in [1.82, 2.24) is 4.98 Å². The van der Waals surface area contributed by atoms with Crippen molar-refractivity contribution >= 4 is 34.9 Å². The van der Waals surface area contributed by atoms with Gasteiger partial charge in [-0.3, -0.25) is 4.79 Å². The van der Waals surface area contributed by atoms with Crippen molar-refractivity contribution in [2.75, 3.05) is 12.4 Å². The summed E-state index contributed by atoms with van der Waals surface area (Å²) < 4.78 is 5.13. The molecule has 22 heavy (non-hydrogen) atoms.